The van der Waals surface area contributed by atoms with E-state index in [4.69, 9.17) is 4.74 Å². The van der Waals surface area contributed by atoms with Gasteiger partial charge in [0.25, 0.3) is 0 Å². The van der Waals surface area contributed by atoms with Gasteiger partial charge in [-0.2, -0.15) is 0 Å². The van der Waals surface area contributed by atoms with Crippen molar-refractivity contribution >= 4 is 11.9 Å². The van der Waals surface area contributed by atoms with Gasteiger partial charge in [-0.25, -0.2) is 0 Å². The third-order valence-electron chi connectivity index (χ3n) is 4.86. The van der Waals surface area contributed by atoms with Crippen molar-refractivity contribution < 1.29 is 9.53 Å². The van der Waals surface area contributed by atoms with Crippen LogP contribution in [0.2, 0.25) is 0 Å². The van der Waals surface area contributed by atoms with Crippen LogP contribution in [0, 0.1) is 0 Å². The zero-order valence-electron chi connectivity index (χ0n) is 15.7. The van der Waals surface area contributed by atoms with Crippen molar-refractivity contribution in [2.45, 2.75) is 39.0 Å². The van der Waals surface area contributed by atoms with E-state index in [0.717, 1.165) is 70.2 Å². The molecule has 0 saturated carbocycles. The van der Waals surface area contributed by atoms with Crippen LogP contribution in [0.3, 0.4) is 0 Å². The van der Waals surface area contributed by atoms with Gasteiger partial charge >= 0.3 is 0 Å². The summed E-state index contributed by atoms with van der Waals surface area (Å²) in [5.41, 5.74) is 2.62. The second-order valence-corrected chi connectivity index (χ2v) is 6.82. The minimum Gasteiger partial charge on any atom is -0.493 e. The molecule has 0 atom stereocenters. The van der Waals surface area contributed by atoms with Gasteiger partial charge in [0, 0.05) is 39.0 Å². The lowest BCUT2D eigenvalue weighted by Gasteiger charge is -2.15. The first-order valence-electron chi connectivity index (χ1n) is 9.81. The molecule has 1 saturated heterocycles. The highest BCUT2D eigenvalue weighted by Crippen LogP contribution is 2.25. The van der Waals surface area contributed by atoms with E-state index in [1.165, 1.54) is 11.1 Å². The molecule has 0 bridgehead atoms. The van der Waals surface area contributed by atoms with E-state index < -0.39 is 0 Å². The van der Waals surface area contributed by atoms with E-state index in [-0.39, 0.29) is 5.91 Å². The van der Waals surface area contributed by atoms with E-state index in [9.17, 15) is 4.79 Å². The van der Waals surface area contributed by atoms with Gasteiger partial charge in [0.2, 0.25) is 5.91 Å². The molecule has 0 spiro atoms. The van der Waals surface area contributed by atoms with E-state index >= 15 is 0 Å². The number of carbonyl (C=O) groups excluding carboxylic acids is 1. The summed E-state index contributed by atoms with van der Waals surface area (Å²) in [7, 11) is 0. The van der Waals surface area contributed by atoms with Gasteiger partial charge in [0.05, 0.1) is 13.2 Å². The Kier molecular flexibility index (Phi) is 6.75. The van der Waals surface area contributed by atoms with Crippen molar-refractivity contribution in [2.75, 3.05) is 39.3 Å². The van der Waals surface area contributed by atoms with E-state index in [1.54, 1.807) is 0 Å². The van der Waals surface area contributed by atoms with Crippen LogP contribution in [0.15, 0.2) is 23.2 Å². The van der Waals surface area contributed by atoms with Crippen molar-refractivity contribution in [3.8, 4) is 5.75 Å². The number of nitrogens with zero attached hydrogens (tertiary/aromatic N) is 2. The predicted octanol–water partition coefficient (Wildman–Crippen LogP) is 1.73. The predicted molar refractivity (Wildman–Crippen MR) is 104 cm³/mol. The number of nitrogens with one attached hydrogen (secondary N) is 2. The van der Waals surface area contributed by atoms with Crippen molar-refractivity contribution in [3.63, 3.8) is 0 Å². The van der Waals surface area contributed by atoms with Crippen LogP contribution in [-0.2, 0) is 17.6 Å². The number of ether oxygens (including phenoxy) is 1. The highest BCUT2D eigenvalue weighted by atomic mass is 16.5. The van der Waals surface area contributed by atoms with Crippen LogP contribution in [0.5, 0.6) is 5.75 Å². The highest BCUT2D eigenvalue weighted by molar-refractivity contribution is 5.81. The summed E-state index contributed by atoms with van der Waals surface area (Å²) in [6.45, 7) is 6.81. The molecule has 2 aliphatic rings. The van der Waals surface area contributed by atoms with Crippen LogP contribution in [0.4, 0.5) is 0 Å². The second-order valence-electron chi connectivity index (χ2n) is 6.82. The first-order chi connectivity index (χ1) is 12.8. The van der Waals surface area contributed by atoms with Crippen LogP contribution >= 0.6 is 0 Å². The lowest BCUT2D eigenvalue weighted by atomic mass is 10.1. The van der Waals surface area contributed by atoms with Crippen LogP contribution in [0.1, 0.15) is 37.3 Å². The molecule has 1 aromatic rings. The van der Waals surface area contributed by atoms with Gasteiger partial charge in [0.1, 0.15) is 5.75 Å². The molecule has 26 heavy (non-hydrogen) atoms. The first kappa shape index (κ1) is 18.5. The van der Waals surface area contributed by atoms with Crippen molar-refractivity contribution in [1.29, 1.82) is 0 Å². The van der Waals surface area contributed by atoms with E-state index in [2.05, 4.69) is 33.8 Å². The van der Waals surface area contributed by atoms with Crippen molar-refractivity contribution in [3.05, 3.63) is 29.3 Å². The summed E-state index contributed by atoms with van der Waals surface area (Å²) in [5.74, 6) is 2.04. The summed E-state index contributed by atoms with van der Waals surface area (Å²) >= 11 is 0. The average molecular weight is 358 g/mol. The molecule has 1 aromatic carbocycles. The molecule has 3 rings (SSSR count). The molecule has 2 N–H and O–H groups in total. The number of guanidine groups is 1. The fraction of sp³-hybridized carbons (Fsp3) is 0.600. The minimum absolute atomic E-state index is 0.224. The number of benzene rings is 1. The molecule has 0 aliphatic carbocycles. The average Bonchev–Trinajstić information content (AvgIpc) is 3.33. The Balaban J connectivity index is 1.43. The van der Waals surface area contributed by atoms with Crippen LogP contribution < -0.4 is 15.4 Å². The number of hydrogen-bond donors (Lipinski definition) is 2. The van der Waals surface area contributed by atoms with Gasteiger partial charge in [-0.3, -0.25) is 9.79 Å². The number of amides is 1. The smallest absolute Gasteiger partial charge is 0.224 e. The number of hydrogen-bond acceptors (Lipinski definition) is 3. The third-order valence-corrected chi connectivity index (χ3v) is 4.86. The molecule has 2 heterocycles. The number of aliphatic imine (C=N–C) groups is 1. The SMILES string of the molecule is CCNC(=NCCC(=O)N1CCCC1)NCCc1ccc2c(c1)CCO2. The molecular weight excluding hydrogens is 328 g/mol. The largest absolute Gasteiger partial charge is 0.493 e. The Bertz CT molecular complexity index is 639. The molecular formula is C20H30N4O2. The van der Waals surface area contributed by atoms with Crippen LogP contribution in [0.25, 0.3) is 0 Å². The summed E-state index contributed by atoms with van der Waals surface area (Å²) in [6.07, 6.45) is 4.69. The standard InChI is InChI=1S/C20H30N4O2/c1-2-21-20(23-11-8-19(25)24-12-3-4-13-24)22-10-7-16-5-6-18-17(15-16)9-14-26-18/h5-6,15H,2-4,7-14H2,1H3,(H2,21,22,23). The monoisotopic (exact) mass is 358 g/mol. The van der Waals surface area contributed by atoms with Crippen molar-refractivity contribution in [2.24, 2.45) is 4.99 Å². The molecule has 0 aromatic heterocycles. The number of carbonyl (C=O) groups is 1. The lowest BCUT2D eigenvalue weighted by Crippen LogP contribution is -2.38. The van der Waals surface area contributed by atoms with E-state index in [0.29, 0.717) is 13.0 Å². The molecule has 1 amide bonds. The Morgan fingerprint density at radius 2 is 2.12 bits per heavy atom. The van der Waals surface area contributed by atoms with Gasteiger partial charge in [0.15, 0.2) is 5.96 Å². The van der Waals surface area contributed by atoms with E-state index in [1.807, 2.05) is 11.8 Å². The normalized spacial score (nSPS) is 16.3. The summed E-state index contributed by atoms with van der Waals surface area (Å²) in [6, 6.07) is 6.44. The van der Waals surface area contributed by atoms with Gasteiger partial charge in [-0.15, -0.1) is 0 Å². The summed E-state index contributed by atoms with van der Waals surface area (Å²) in [4.78, 5) is 18.6. The van der Waals surface area contributed by atoms with Crippen molar-refractivity contribution in [1.82, 2.24) is 15.5 Å². The van der Waals surface area contributed by atoms with Crippen LogP contribution in [-0.4, -0.2) is 56.1 Å². The molecule has 6 heteroatoms. The minimum atomic E-state index is 0.224. The zero-order chi connectivity index (χ0) is 18.2. The molecule has 2 aliphatic heterocycles. The Morgan fingerprint density at radius 3 is 2.92 bits per heavy atom. The first-order valence-corrected chi connectivity index (χ1v) is 9.81. The second kappa shape index (κ2) is 9.46. The van der Waals surface area contributed by atoms with Gasteiger partial charge in [-0.1, -0.05) is 12.1 Å². The number of likely N-dealkylation sites (tertiary alicyclic amines) is 1. The Labute approximate surface area is 156 Å². The maximum absolute atomic E-state index is 12.1. The maximum Gasteiger partial charge on any atom is 0.224 e. The number of fused-ring (bicyclic) bond motifs is 1. The van der Waals surface area contributed by atoms with Gasteiger partial charge < -0.3 is 20.3 Å². The summed E-state index contributed by atoms with van der Waals surface area (Å²) < 4.78 is 5.55. The fourth-order valence-corrected chi connectivity index (χ4v) is 3.45. The molecule has 6 nitrogen and oxygen atoms in total. The molecule has 1 fully saturated rings. The fourth-order valence-electron chi connectivity index (χ4n) is 3.45. The third kappa shape index (κ3) is 5.13. The molecule has 0 radical (unpaired) electrons. The van der Waals surface area contributed by atoms with Gasteiger partial charge in [-0.05, 0) is 43.4 Å². The lowest BCUT2D eigenvalue weighted by molar-refractivity contribution is -0.129. The zero-order valence-corrected chi connectivity index (χ0v) is 15.7. The highest BCUT2D eigenvalue weighted by Gasteiger charge is 2.17. The quantitative estimate of drug-likeness (QED) is 0.575. The maximum atomic E-state index is 12.1. The Morgan fingerprint density at radius 1 is 1.27 bits per heavy atom. The molecule has 0 unspecified atom stereocenters. The molecule has 142 valence electrons. The summed E-state index contributed by atoms with van der Waals surface area (Å²) in [5, 5.41) is 6.61. The topological polar surface area (TPSA) is 66.0 Å². The number of rotatable bonds is 7. The Hall–Kier alpha value is -2.24.